The molecule has 0 aliphatic carbocycles. The van der Waals surface area contributed by atoms with Crippen molar-refractivity contribution in [2.24, 2.45) is 0 Å². The van der Waals surface area contributed by atoms with Crippen LogP contribution >= 0.6 is 0 Å². The Morgan fingerprint density at radius 1 is 0.421 bits per heavy atom. The zero-order valence-electron chi connectivity index (χ0n) is 20.3. The van der Waals surface area contributed by atoms with Crippen LogP contribution in [0.1, 0.15) is 0 Å². The first-order valence-electron chi connectivity index (χ1n) is 12.5. The first kappa shape index (κ1) is 20.9. The van der Waals surface area contributed by atoms with E-state index in [1.54, 1.807) is 0 Å². The van der Waals surface area contributed by atoms with Crippen LogP contribution < -0.4 is 0 Å². The molecule has 0 aliphatic rings. The molecule has 178 valence electrons. The van der Waals surface area contributed by atoms with Gasteiger partial charge in [-0.15, -0.1) is 0 Å². The van der Waals surface area contributed by atoms with Crippen LogP contribution in [-0.2, 0) is 0 Å². The van der Waals surface area contributed by atoms with Gasteiger partial charge in [-0.1, -0.05) is 48.5 Å². The summed E-state index contributed by atoms with van der Waals surface area (Å²) in [5.41, 5.74) is 9.74. The van der Waals surface area contributed by atoms with E-state index in [0.717, 1.165) is 77.4 Å². The Balaban J connectivity index is 1.24. The number of pyridine rings is 2. The molecule has 0 unspecified atom stereocenters. The summed E-state index contributed by atoms with van der Waals surface area (Å²) >= 11 is 0. The Bertz CT molecular complexity index is 2140. The van der Waals surface area contributed by atoms with Crippen LogP contribution in [0.2, 0.25) is 0 Å². The molecule has 8 rings (SSSR count). The first-order valence-corrected chi connectivity index (χ1v) is 12.5. The molecule has 0 N–H and O–H groups in total. The molecule has 38 heavy (non-hydrogen) atoms. The van der Waals surface area contributed by atoms with Crippen molar-refractivity contribution in [3.05, 3.63) is 122 Å². The highest BCUT2D eigenvalue weighted by Gasteiger charge is 2.14. The van der Waals surface area contributed by atoms with Gasteiger partial charge in [-0.05, 0) is 59.7 Å². The zero-order chi connectivity index (χ0) is 25.1. The third-order valence-corrected chi connectivity index (χ3v) is 7.20. The van der Waals surface area contributed by atoms with Crippen molar-refractivity contribution in [2.45, 2.75) is 0 Å². The van der Waals surface area contributed by atoms with Crippen molar-refractivity contribution >= 4 is 43.9 Å². The molecule has 0 aliphatic heterocycles. The molecule has 0 amide bonds. The van der Waals surface area contributed by atoms with Gasteiger partial charge >= 0.3 is 0 Å². The van der Waals surface area contributed by atoms with E-state index in [2.05, 4.69) is 64.6 Å². The van der Waals surface area contributed by atoms with Crippen molar-refractivity contribution in [3.63, 3.8) is 0 Å². The average Bonchev–Trinajstić information content (AvgIpc) is 3.53. The molecular formula is C34H20N2O2. The molecule has 0 atom stereocenters. The molecule has 4 heterocycles. The second kappa shape index (κ2) is 8.15. The lowest BCUT2D eigenvalue weighted by atomic mass is 9.98. The normalized spacial score (nSPS) is 11.7. The molecule has 4 nitrogen and oxygen atoms in total. The Hall–Kier alpha value is -5.22. The molecule has 4 aromatic heterocycles. The number of aromatic nitrogens is 2. The van der Waals surface area contributed by atoms with Gasteiger partial charge in [0.2, 0.25) is 0 Å². The zero-order valence-corrected chi connectivity index (χ0v) is 20.3. The minimum absolute atomic E-state index is 0.821. The van der Waals surface area contributed by atoms with Crippen LogP contribution in [-0.4, -0.2) is 9.97 Å². The first-order chi connectivity index (χ1) is 18.8. The molecule has 0 saturated heterocycles. The maximum atomic E-state index is 6.21. The van der Waals surface area contributed by atoms with E-state index in [4.69, 9.17) is 8.83 Å². The summed E-state index contributed by atoms with van der Waals surface area (Å²) in [6.07, 6.45) is 5.64. The van der Waals surface area contributed by atoms with E-state index >= 15 is 0 Å². The van der Waals surface area contributed by atoms with E-state index in [9.17, 15) is 0 Å². The van der Waals surface area contributed by atoms with Gasteiger partial charge in [0.05, 0.1) is 5.69 Å². The molecule has 0 radical (unpaired) electrons. The lowest BCUT2D eigenvalue weighted by Gasteiger charge is -2.08. The fourth-order valence-electron chi connectivity index (χ4n) is 5.32. The lowest BCUT2D eigenvalue weighted by molar-refractivity contribution is 0.656. The number of rotatable bonds is 3. The Labute approximate surface area is 217 Å². The van der Waals surface area contributed by atoms with Crippen molar-refractivity contribution < 1.29 is 8.83 Å². The molecule has 0 fully saturated rings. The van der Waals surface area contributed by atoms with Gasteiger partial charge in [-0.25, -0.2) is 0 Å². The minimum Gasteiger partial charge on any atom is -0.456 e. The second-order valence-electron chi connectivity index (χ2n) is 9.51. The Morgan fingerprint density at radius 3 is 1.95 bits per heavy atom. The van der Waals surface area contributed by atoms with Gasteiger partial charge in [0, 0.05) is 62.9 Å². The number of hydrogen-bond acceptors (Lipinski definition) is 4. The van der Waals surface area contributed by atoms with Gasteiger partial charge in [-0.3, -0.25) is 9.97 Å². The molecule has 4 aromatic carbocycles. The predicted molar refractivity (Wildman–Crippen MR) is 153 cm³/mol. The topological polar surface area (TPSA) is 52.1 Å². The van der Waals surface area contributed by atoms with Gasteiger partial charge in [0.1, 0.15) is 22.3 Å². The molecular weight excluding hydrogens is 468 g/mol. The Kier molecular flexibility index (Phi) is 4.49. The van der Waals surface area contributed by atoms with Gasteiger partial charge in [-0.2, -0.15) is 0 Å². The van der Waals surface area contributed by atoms with Crippen LogP contribution in [0, 0.1) is 0 Å². The highest BCUT2D eigenvalue weighted by Crippen LogP contribution is 2.38. The summed E-state index contributed by atoms with van der Waals surface area (Å²) in [7, 11) is 0. The van der Waals surface area contributed by atoms with Crippen LogP contribution in [0.25, 0.3) is 77.4 Å². The summed E-state index contributed by atoms with van der Waals surface area (Å²) in [5.74, 6) is 0. The third-order valence-electron chi connectivity index (χ3n) is 7.20. The van der Waals surface area contributed by atoms with Crippen LogP contribution in [0.4, 0.5) is 0 Å². The number of para-hydroxylation sites is 1. The summed E-state index contributed by atoms with van der Waals surface area (Å²) < 4.78 is 12.3. The summed E-state index contributed by atoms with van der Waals surface area (Å²) in [4.78, 5) is 9.09. The number of furan rings is 2. The van der Waals surface area contributed by atoms with E-state index in [1.165, 1.54) is 0 Å². The van der Waals surface area contributed by atoms with Crippen LogP contribution in [0.5, 0.6) is 0 Å². The average molecular weight is 489 g/mol. The standard InChI is InChI=1S/C34H20N2O2/c1-2-10-31-26(8-1)28-17-29-27-16-22(11-12-32(27)38-34(29)18-33(28)37-31)25-15-24(19-35-20-25)21-6-5-7-23(14-21)30-9-3-4-13-36-30/h1-20H. The van der Waals surface area contributed by atoms with E-state index in [1.807, 2.05) is 67.1 Å². The van der Waals surface area contributed by atoms with Crippen molar-refractivity contribution in [3.8, 4) is 33.5 Å². The quantitative estimate of drug-likeness (QED) is 0.249. The van der Waals surface area contributed by atoms with Gasteiger partial charge in [0.25, 0.3) is 0 Å². The summed E-state index contributed by atoms with van der Waals surface area (Å²) in [6, 6.07) is 35.2. The monoisotopic (exact) mass is 488 g/mol. The maximum absolute atomic E-state index is 6.21. The molecule has 4 heteroatoms. The minimum atomic E-state index is 0.821. The predicted octanol–water partition coefficient (Wildman–Crippen LogP) is 9.28. The number of nitrogens with zero attached hydrogens (tertiary/aromatic N) is 2. The SMILES string of the molecule is c1ccc(-c2cccc(-c3cncc(-c4ccc5oc6cc7oc8ccccc8c7cc6c5c4)c3)c2)nc1. The number of benzene rings is 4. The number of fused-ring (bicyclic) bond motifs is 6. The fourth-order valence-corrected chi connectivity index (χ4v) is 5.32. The summed E-state index contributed by atoms with van der Waals surface area (Å²) in [6.45, 7) is 0. The van der Waals surface area contributed by atoms with E-state index < -0.39 is 0 Å². The fraction of sp³-hybridized carbons (Fsp3) is 0. The largest absolute Gasteiger partial charge is 0.456 e. The Morgan fingerprint density at radius 2 is 1.11 bits per heavy atom. The van der Waals surface area contributed by atoms with Crippen molar-refractivity contribution in [1.82, 2.24) is 9.97 Å². The maximum Gasteiger partial charge on any atom is 0.139 e. The lowest BCUT2D eigenvalue weighted by Crippen LogP contribution is -1.86. The van der Waals surface area contributed by atoms with E-state index in [-0.39, 0.29) is 0 Å². The van der Waals surface area contributed by atoms with Crippen LogP contribution in [0.15, 0.2) is 131 Å². The van der Waals surface area contributed by atoms with Crippen LogP contribution in [0.3, 0.4) is 0 Å². The summed E-state index contributed by atoms with van der Waals surface area (Å²) in [5, 5.41) is 4.36. The molecule has 8 aromatic rings. The van der Waals surface area contributed by atoms with Crippen molar-refractivity contribution in [2.75, 3.05) is 0 Å². The third kappa shape index (κ3) is 3.31. The van der Waals surface area contributed by atoms with E-state index in [0.29, 0.717) is 0 Å². The van der Waals surface area contributed by atoms with Gasteiger partial charge in [0.15, 0.2) is 0 Å². The second-order valence-corrected chi connectivity index (χ2v) is 9.51. The molecule has 0 spiro atoms. The van der Waals surface area contributed by atoms with Gasteiger partial charge < -0.3 is 8.83 Å². The molecule has 0 bridgehead atoms. The molecule has 0 saturated carbocycles. The highest BCUT2D eigenvalue weighted by atomic mass is 16.3. The highest BCUT2D eigenvalue weighted by molar-refractivity contribution is 6.15. The van der Waals surface area contributed by atoms with Crippen molar-refractivity contribution in [1.29, 1.82) is 0 Å². The smallest absolute Gasteiger partial charge is 0.139 e. The number of hydrogen-bond donors (Lipinski definition) is 0.